The maximum Gasteiger partial charge on any atom is 0.416 e. The second-order valence-corrected chi connectivity index (χ2v) is 4.69. The van der Waals surface area contributed by atoms with Crippen LogP contribution in [0.25, 0.3) is 0 Å². The van der Waals surface area contributed by atoms with Crippen LogP contribution in [0.2, 0.25) is 0 Å². The molecule has 1 aliphatic heterocycles. The van der Waals surface area contributed by atoms with Crippen molar-refractivity contribution in [2.75, 3.05) is 13.1 Å². The zero-order valence-electron chi connectivity index (χ0n) is 11.0. The number of halogens is 5. The number of amides is 1. The van der Waals surface area contributed by atoms with Gasteiger partial charge in [-0.3, -0.25) is 4.79 Å². The Morgan fingerprint density at radius 3 is 2.43 bits per heavy atom. The van der Waals surface area contributed by atoms with Crippen LogP contribution in [0.5, 0.6) is 0 Å². The van der Waals surface area contributed by atoms with E-state index in [-0.39, 0.29) is 18.4 Å². The van der Waals surface area contributed by atoms with E-state index in [0.717, 1.165) is 13.1 Å². The summed E-state index contributed by atoms with van der Waals surface area (Å²) in [6.07, 6.45) is -3.25. The van der Waals surface area contributed by atoms with Crippen LogP contribution in [0.3, 0.4) is 0 Å². The fraction of sp³-hybridized carbons (Fsp3) is 0.462. The van der Waals surface area contributed by atoms with Crippen LogP contribution in [-0.4, -0.2) is 25.0 Å². The van der Waals surface area contributed by atoms with Gasteiger partial charge >= 0.3 is 6.18 Å². The van der Waals surface area contributed by atoms with Gasteiger partial charge in [0.05, 0.1) is 11.1 Å². The number of hydrogen-bond donors (Lipinski definition) is 2. The summed E-state index contributed by atoms with van der Waals surface area (Å²) in [7, 11) is 0. The van der Waals surface area contributed by atoms with Gasteiger partial charge in [-0.1, -0.05) is 0 Å². The molecule has 1 saturated heterocycles. The van der Waals surface area contributed by atoms with Crippen molar-refractivity contribution < 1.29 is 22.4 Å². The first-order chi connectivity index (χ1) is 9.38. The van der Waals surface area contributed by atoms with Gasteiger partial charge < -0.3 is 10.6 Å². The van der Waals surface area contributed by atoms with E-state index in [0.29, 0.717) is 31.0 Å². The lowest BCUT2D eigenvalue weighted by atomic mass is 10.0. The average Bonchev–Trinajstić information content (AvgIpc) is 2.39. The minimum Gasteiger partial charge on any atom is -0.349 e. The molecule has 1 aliphatic rings. The van der Waals surface area contributed by atoms with Crippen molar-refractivity contribution in [3.63, 3.8) is 0 Å². The van der Waals surface area contributed by atoms with Crippen molar-refractivity contribution in [2.45, 2.75) is 25.1 Å². The quantitative estimate of drug-likeness (QED) is 0.821. The standard InChI is InChI=1S/C13H14F4N2O.ClH/c14-11-2-1-8(13(15,16)17)7-10(11)12(20)19-9-3-5-18-6-4-9;/h1-2,7,9,18H,3-6H2,(H,19,20);1H. The number of carbonyl (C=O) groups is 1. The predicted octanol–water partition coefficient (Wildman–Crippen LogP) is 2.75. The summed E-state index contributed by atoms with van der Waals surface area (Å²) in [5.41, 5.74) is -1.60. The molecular formula is C13H15ClF4N2O. The van der Waals surface area contributed by atoms with E-state index in [1.54, 1.807) is 0 Å². The normalized spacial score (nSPS) is 16.2. The Kier molecular flexibility index (Phi) is 5.98. The molecule has 1 amide bonds. The Hall–Kier alpha value is -1.34. The molecule has 1 heterocycles. The van der Waals surface area contributed by atoms with E-state index >= 15 is 0 Å². The fourth-order valence-corrected chi connectivity index (χ4v) is 2.11. The van der Waals surface area contributed by atoms with Crippen LogP contribution in [-0.2, 0) is 6.18 Å². The number of hydrogen-bond acceptors (Lipinski definition) is 2. The zero-order valence-corrected chi connectivity index (χ0v) is 11.8. The van der Waals surface area contributed by atoms with Gasteiger partial charge in [0.15, 0.2) is 0 Å². The highest BCUT2D eigenvalue weighted by molar-refractivity contribution is 5.94. The van der Waals surface area contributed by atoms with Gasteiger partial charge in [-0.25, -0.2) is 4.39 Å². The van der Waals surface area contributed by atoms with Gasteiger partial charge in [-0.2, -0.15) is 13.2 Å². The van der Waals surface area contributed by atoms with Gasteiger partial charge in [0.2, 0.25) is 0 Å². The molecule has 0 aliphatic carbocycles. The largest absolute Gasteiger partial charge is 0.416 e. The first-order valence-electron chi connectivity index (χ1n) is 6.26. The summed E-state index contributed by atoms with van der Waals surface area (Å²) in [6.45, 7) is 1.44. The van der Waals surface area contributed by atoms with Crippen molar-refractivity contribution in [1.29, 1.82) is 0 Å². The Morgan fingerprint density at radius 2 is 1.86 bits per heavy atom. The molecule has 8 heteroatoms. The van der Waals surface area contributed by atoms with Gasteiger partial charge in [-0.15, -0.1) is 12.4 Å². The summed E-state index contributed by atoms with van der Waals surface area (Å²) in [5, 5.41) is 5.66. The van der Waals surface area contributed by atoms with E-state index in [2.05, 4.69) is 10.6 Å². The molecule has 118 valence electrons. The molecule has 0 saturated carbocycles. The minimum atomic E-state index is -4.60. The molecular weight excluding hydrogens is 312 g/mol. The minimum absolute atomic E-state index is 0. The smallest absolute Gasteiger partial charge is 0.349 e. The molecule has 0 bridgehead atoms. The highest BCUT2D eigenvalue weighted by atomic mass is 35.5. The number of piperidine rings is 1. The molecule has 21 heavy (non-hydrogen) atoms. The van der Waals surface area contributed by atoms with E-state index in [9.17, 15) is 22.4 Å². The maximum absolute atomic E-state index is 13.5. The van der Waals surface area contributed by atoms with E-state index in [4.69, 9.17) is 0 Å². The highest BCUT2D eigenvalue weighted by Crippen LogP contribution is 2.30. The lowest BCUT2D eigenvalue weighted by molar-refractivity contribution is -0.137. The summed E-state index contributed by atoms with van der Waals surface area (Å²) in [4.78, 5) is 11.9. The van der Waals surface area contributed by atoms with Crippen molar-refractivity contribution in [1.82, 2.24) is 10.6 Å². The molecule has 3 nitrogen and oxygen atoms in total. The summed E-state index contributed by atoms with van der Waals surface area (Å²) in [6, 6.07) is 1.69. The number of carbonyl (C=O) groups excluding carboxylic acids is 1. The van der Waals surface area contributed by atoms with E-state index in [1.165, 1.54) is 0 Å². The van der Waals surface area contributed by atoms with E-state index < -0.39 is 29.0 Å². The van der Waals surface area contributed by atoms with Gasteiger partial charge in [-0.05, 0) is 44.1 Å². The zero-order chi connectivity index (χ0) is 14.8. The Labute approximate surface area is 125 Å². The van der Waals surface area contributed by atoms with Gasteiger partial charge in [0.25, 0.3) is 5.91 Å². The van der Waals surface area contributed by atoms with Crippen LogP contribution in [0.4, 0.5) is 17.6 Å². The molecule has 0 unspecified atom stereocenters. The molecule has 1 aromatic rings. The Morgan fingerprint density at radius 1 is 1.24 bits per heavy atom. The Bertz CT molecular complexity index is 501. The van der Waals surface area contributed by atoms with Gasteiger partial charge in [0.1, 0.15) is 5.82 Å². The summed E-state index contributed by atoms with van der Waals surface area (Å²) >= 11 is 0. The number of alkyl halides is 3. The number of rotatable bonds is 2. The van der Waals surface area contributed by atoms with Gasteiger partial charge in [0, 0.05) is 6.04 Å². The second kappa shape index (κ2) is 7.09. The Balaban J connectivity index is 0.00000220. The molecule has 2 N–H and O–H groups in total. The highest BCUT2D eigenvalue weighted by Gasteiger charge is 2.32. The molecule has 0 atom stereocenters. The third-order valence-electron chi connectivity index (χ3n) is 3.21. The molecule has 0 radical (unpaired) electrons. The van der Waals surface area contributed by atoms with Crippen molar-refractivity contribution in [2.24, 2.45) is 0 Å². The molecule has 0 spiro atoms. The van der Waals surface area contributed by atoms with Crippen LogP contribution >= 0.6 is 12.4 Å². The first-order valence-corrected chi connectivity index (χ1v) is 6.26. The van der Waals surface area contributed by atoms with Crippen molar-refractivity contribution in [3.05, 3.63) is 35.1 Å². The van der Waals surface area contributed by atoms with Crippen LogP contribution in [0.15, 0.2) is 18.2 Å². The molecule has 2 rings (SSSR count). The first kappa shape index (κ1) is 17.7. The molecule has 0 aromatic heterocycles. The van der Waals surface area contributed by atoms with Crippen LogP contribution in [0.1, 0.15) is 28.8 Å². The lowest BCUT2D eigenvalue weighted by Crippen LogP contribution is -2.43. The van der Waals surface area contributed by atoms with Crippen molar-refractivity contribution in [3.8, 4) is 0 Å². The van der Waals surface area contributed by atoms with E-state index in [1.807, 2.05) is 0 Å². The monoisotopic (exact) mass is 326 g/mol. The molecule has 1 fully saturated rings. The number of benzene rings is 1. The second-order valence-electron chi connectivity index (χ2n) is 4.69. The van der Waals surface area contributed by atoms with Crippen molar-refractivity contribution >= 4 is 18.3 Å². The third-order valence-corrected chi connectivity index (χ3v) is 3.21. The summed E-state index contributed by atoms with van der Waals surface area (Å²) in [5.74, 6) is -1.76. The predicted molar refractivity (Wildman–Crippen MR) is 72.0 cm³/mol. The maximum atomic E-state index is 13.5. The molecule has 1 aromatic carbocycles. The lowest BCUT2D eigenvalue weighted by Gasteiger charge is -2.23. The average molecular weight is 327 g/mol. The topological polar surface area (TPSA) is 41.1 Å². The third kappa shape index (κ3) is 4.57. The number of nitrogens with one attached hydrogen (secondary N) is 2. The van der Waals surface area contributed by atoms with Crippen LogP contribution in [0, 0.1) is 5.82 Å². The summed E-state index contributed by atoms with van der Waals surface area (Å²) < 4.78 is 51.2. The van der Waals surface area contributed by atoms with Crippen LogP contribution < -0.4 is 10.6 Å². The SMILES string of the molecule is Cl.O=C(NC1CCNCC1)c1cc(C(F)(F)F)ccc1F. The fourth-order valence-electron chi connectivity index (χ4n) is 2.11.